The van der Waals surface area contributed by atoms with Crippen LogP contribution in [0.3, 0.4) is 0 Å². The van der Waals surface area contributed by atoms with Crippen molar-refractivity contribution in [2.24, 2.45) is 0 Å². The zero-order chi connectivity index (χ0) is 11.3. The molecule has 0 radical (unpaired) electrons. The Bertz CT molecular complexity index is 380. The minimum absolute atomic E-state index is 0.163. The summed E-state index contributed by atoms with van der Waals surface area (Å²) in [5.41, 5.74) is 1.33. The predicted molar refractivity (Wildman–Crippen MR) is 58.4 cm³/mol. The first-order valence-corrected chi connectivity index (χ1v) is 4.78. The van der Waals surface area contributed by atoms with Crippen LogP contribution in [0, 0.1) is 0 Å². The van der Waals surface area contributed by atoms with E-state index in [2.05, 4.69) is 0 Å². The number of hydrogen-bond acceptors (Lipinski definition) is 3. The van der Waals surface area contributed by atoms with Crippen LogP contribution >= 0.6 is 0 Å². The average molecular weight is 206 g/mol. The Labute approximate surface area is 89.0 Å². The number of aromatic hydroxyl groups is 1. The number of hydrogen-bond donors (Lipinski definition) is 1. The average Bonchev–Trinajstić information content (AvgIpc) is 2.18. The minimum atomic E-state index is -0.391. The smallest absolute Gasteiger partial charge is 0.331 e. The maximum Gasteiger partial charge on any atom is 0.331 e. The van der Waals surface area contributed by atoms with E-state index in [1.807, 2.05) is 0 Å². The van der Waals surface area contributed by atoms with Crippen LogP contribution in [0.1, 0.15) is 19.4 Å². The predicted octanol–water partition coefficient (Wildman–Crippen LogP) is 2.36. The van der Waals surface area contributed by atoms with Gasteiger partial charge < -0.3 is 9.84 Å². The topological polar surface area (TPSA) is 46.5 Å². The maximum atomic E-state index is 11.2. The summed E-state index contributed by atoms with van der Waals surface area (Å²) in [6.07, 6.45) is 1.37. The number of carbonyl (C=O) groups is 1. The molecule has 1 N–H and O–H groups in total. The third-order valence-electron chi connectivity index (χ3n) is 1.95. The van der Waals surface area contributed by atoms with Crippen LogP contribution in [0.2, 0.25) is 0 Å². The van der Waals surface area contributed by atoms with Crippen molar-refractivity contribution >= 4 is 11.5 Å². The van der Waals surface area contributed by atoms with Crippen molar-refractivity contribution in [1.29, 1.82) is 0 Å². The van der Waals surface area contributed by atoms with Gasteiger partial charge in [-0.15, -0.1) is 0 Å². The molecule has 0 saturated carbocycles. The molecular weight excluding hydrogens is 192 g/mol. The SMILES string of the molecule is CCOC(=O)/C=C(\C)c1ccccc1O. The molecule has 80 valence electrons. The number of carbonyl (C=O) groups excluding carboxylic acids is 1. The molecule has 1 aromatic carbocycles. The summed E-state index contributed by atoms with van der Waals surface area (Å²) >= 11 is 0. The van der Waals surface area contributed by atoms with Crippen LogP contribution in [-0.2, 0) is 9.53 Å². The lowest BCUT2D eigenvalue weighted by Gasteiger charge is -2.04. The number of ether oxygens (including phenoxy) is 1. The minimum Gasteiger partial charge on any atom is -0.507 e. The Balaban J connectivity index is 2.89. The van der Waals surface area contributed by atoms with Crippen molar-refractivity contribution in [3.8, 4) is 5.75 Å². The molecule has 3 heteroatoms. The van der Waals surface area contributed by atoms with Gasteiger partial charge in [0.25, 0.3) is 0 Å². The van der Waals surface area contributed by atoms with Gasteiger partial charge in [0, 0.05) is 11.6 Å². The Morgan fingerprint density at radius 3 is 2.73 bits per heavy atom. The number of phenolic OH excluding ortho intramolecular Hbond substituents is 1. The number of phenols is 1. The molecule has 0 heterocycles. The Kier molecular flexibility index (Phi) is 3.92. The fourth-order valence-corrected chi connectivity index (χ4v) is 1.25. The zero-order valence-corrected chi connectivity index (χ0v) is 8.86. The summed E-state index contributed by atoms with van der Waals surface area (Å²) < 4.78 is 4.78. The Morgan fingerprint density at radius 1 is 1.47 bits per heavy atom. The highest BCUT2D eigenvalue weighted by molar-refractivity contribution is 5.91. The van der Waals surface area contributed by atoms with Crippen molar-refractivity contribution in [3.05, 3.63) is 35.9 Å². The second-order valence-electron chi connectivity index (χ2n) is 3.10. The summed E-state index contributed by atoms with van der Waals surface area (Å²) in [5.74, 6) is -0.228. The molecule has 0 unspecified atom stereocenters. The van der Waals surface area contributed by atoms with E-state index in [-0.39, 0.29) is 5.75 Å². The molecule has 0 aliphatic heterocycles. The molecule has 0 saturated heterocycles. The molecule has 0 fully saturated rings. The number of allylic oxidation sites excluding steroid dienone is 1. The fraction of sp³-hybridized carbons (Fsp3) is 0.250. The number of benzene rings is 1. The third-order valence-corrected chi connectivity index (χ3v) is 1.95. The van der Waals surface area contributed by atoms with Crippen LogP contribution in [0.25, 0.3) is 5.57 Å². The van der Waals surface area contributed by atoms with E-state index in [9.17, 15) is 9.90 Å². The largest absolute Gasteiger partial charge is 0.507 e. The molecule has 15 heavy (non-hydrogen) atoms. The van der Waals surface area contributed by atoms with Crippen molar-refractivity contribution < 1.29 is 14.6 Å². The monoisotopic (exact) mass is 206 g/mol. The summed E-state index contributed by atoms with van der Waals surface area (Å²) in [7, 11) is 0. The third kappa shape index (κ3) is 3.13. The maximum absolute atomic E-state index is 11.2. The number of esters is 1. The number of rotatable bonds is 3. The summed E-state index contributed by atoms with van der Waals surface area (Å²) in [4.78, 5) is 11.2. The van der Waals surface area contributed by atoms with E-state index < -0.39 is 5.97 Å². The van der Waals surface area contributed by atoms with E-state index in [4.69, 9.17) is 4.74 Å². The lowest BCUT2D eigenvalue weighted by Crippen LogP contribution is -2.00. The second-order valence-corrected chi connectivity index (χ2v) is 3.10. The Morgan fingerprint density at radius 2 is 2.13 bits per heavy atom. The molecule has 0 atom stereocenters. The van der Waals surface area contributed by atoms with Gasteiger partial charge in [0.1, 0.15) is 5.75 Å². The van der Waals surface area contributed by atoms with Gasteiger partial charge in [-0.2, -0.15) is 0 Å². The van der Waals surface area contributed by atoms with Crippen LogP contribution in [-0.4, -0.2) is 17.7 Å². The highest BCUT2D eigenvalue weighted by Crippen LogP contribution is 2.23. The summed E-state index contributed by atoms with van der Waals surface area (Å²) in [6.45, 7) is 3.86. The van der Waals surface area contributed by atoms with Crippen molar-refractivity contribution in [2.45, 2.75) is 13.8 Å². The van der Waals surface area contributed by atoms with Gasteiger partial charge in [-0.3, -0.25) is 0 Å². The van der Waals surface area contributed by atoms with Gasteiger partial charge in [0.2, 0.25) is 0 Å². The quantitative estimate of drug-likeness (QED) is 0.610. The van der Waals surface area contributed by atoms with E-state index in [0.29, 0.717) is 17.7 Å². The molecule has 1 aromatic rings. The van der Waals surface area contributed by atoms with Gasteiger partial charge in [-0.25, -0.2) is 4.79 Å². The summed E-state index contributed by atoms with van der Waals surface area (Å²) in [6, 6.07) is 6.87. The van der Waals surface area contributed by atoms with Gasteiger partial charge >= 0.3 is 5.97 Å². The highest BCUT2D eigenvalue weighted by atomic mass is 16.5. The molecule has 0 spiro atoms. The second kappa shape index (κ2) is 5.20. The van der Waals surface area contributed by atoms with E-state index >= 15 is 0 Å². The van der Waals surface area contributed by atoms with Crippen molar-refractivity contribution in [1.82, 2.24) is 0 Å². The van der Waals surface area contributed by atoms with Gasteiger partial charge in [0.05, 0.1) is 6.61 Å². The molecule has 3 nitrogen and oxygen atoms in total. The number of para-hydroxylation sites is 1. The molecular formula is C12H14O3. The van der Waals surface area contributed by atoms with Crippen LogP contribution in [0.5, 0.6) is 5.75 Å². The molecule has 0 aromatic heterocycles. The molecule has 0 amide bonds. The zero-order valence-electron chi connectivity index (χ0n) is 8.86. The lowest BCUT2D eigenvalue weighted by molar-refractivity contribution is -0.137. The molecule has 0 bridgehead atoms. The molecule has 1 rings (SSSR count). The van der Waals surface area contributed by atoms with Crippen molar-refractivity contribution in [2.75, 3.05) is 6.61 Å². The highest BCUT2D eigenvalue weighted by Gasteiger charge is 2.04. The first kappa shape index (κ1) is 11.3. The van der Waals surface area contributed by atoms with Gasteiger partial charge in [0.15, 0.2) is 0 Å². The van der Waals surface area contributed by atoms with Crippen LogP contribution < -0.4 is 0 Å². The van der Waals surface area contributed by atoms with E-state index in [1.54, 1.807) is 38.1 Å². The van der Waals surface area contributed by atoms with E-state index in [0.717, 1.165) is 0 Å². The Hall–Kier alpha value is -1.77. The normalized spacial score (nSPS) is 11.2. The molecule has 0 aliphatic rings. The van der Waals surface area contributed by atoms with Crippen LogP contribution in [0.4, 0.5) is 0 Å². The summed E-state index contributed by atoms with van der Waals surface area (Å²) in [5, 5.41) is 9.53. The first-order chi connectivity index (χ1) is 7.15. The lowest BCUT2D eigenvalue weighted by atomic mass is 10.1. The van der Waals surface area contributed by atoms with Gasteiger partial charge in [-0.05, 0) is 25.5 Å². The standard InChI is InChI=1S/C12H14O3/c1-3-15-12(14)8-9(2)10-6-4-5-7-11(10)13/h4-8,13H,3H2,1-2H3/b9-8+. The van der Waals surface area contributed by atoms with E-state index in [1.165, 1.54) is 6.08 Å². The molecule has 0 aliphatic carbocycles. The van der Waals surface area contributed by atoms with Crippen LogP contribution in [0.15, 0.2) is 30.3 Å². The van der Waals surface area contributed by atoms with Gasteiger partial charge in [-0.1, -0.05) is 18.2 Å². The van der Waals surface area contributed by atoms with Crippen molar-refractivity contribution in [3.63, 3.8) is 0 Å². The first-order valence-electron chi connectivity index (χ1n) is 4.78. The fourth-order valence-electron chi connectivity index (χ4n) is 1.25.